The van der Waals surface area contributed by atoms with Crippen LogP contribution in [0.3, 0.4) is 0 Å². The topological polar surface area (TPSA) is 42.4 Å². The van der Waals surface area contributed by atoms with E-state index in [1.807, 2.05) is 0 Å². The molecule has 3 nitrogen and oxygen atoms in total. The molecule has 12 heavy (non-hydrogen) atoms. The van der Waals surface area contributed by atoms with E-state index < -0.39 is 6.10 Å². The number of ether oxygens (including phenoxy) is 1. The third kappa shape index (κ3) is 2.17. The number of aliphatic hydroxyl groups is 1. The van der Waals surface area contributed by atoms with E-state index in [9.17, 15) is 5.11 Å². The van der Waals surface area contributed by atoms with Crippen molar-refractivity contribution in [2.24, 2.45) is 0 Å². The Balaban J connectivity index is 2.79. The number of aliphatic hydroxyl groups excluding tert-OH is 1. The lowest BCUT2D eigenvalue weighted by Gasteiger charge is -2.09. The van der Waals surface area contributed by atoms with Crippen LogP contribution in [0.4, 0.5) is 0 Å². The summed E-state index contributed by atoms with van der Waals surface area (Å²) in [6, 6.07) is 3.40. The van der Waals surface area contributed by atoms with E-state index in [-0.39, 0.29) is 6.61 Å². The lowest BCUT2D eigenvalue weighted by atomic mass is 10.2. The minimum absolute atomic E-state index is 0.205. The van der Waals surface area contributed by atoms with Gasteiger partial charge in [0.1, 0.15) is 6.10 Å². The monoisotopic (exact) mass is 187 g/mol. The Morgan fingerprint density at radius 3 is 3.08 bits per heavy atom. The fraction of sp³-hybridized carbons (Fsp3) is 0.375. The lowest BCUT2D eigenvalue weighted by molar-refractivity contribution is 0.0618. The predicted octanol–water partition coefficient (Wildman–Crippen LogP) is 1.41. The van der Waals surface area contributed by atoms with Crippen LogP contribution in [0.5, 0.6) is 0 Å². The van der Waals surface area contributed by atoms with Crippen LogP contribution in [-0.4, -0.2) is 23.8 Å². The summed E-state index contributed by atoms with van der Waals surface area (Å²) >= 11 is 5.78. The van der Waals surface area contributed by atoms with Gasteiger partial charge >= 0.3 is 0 Å². The fourth-order valence-corrected chi connectivity index (χ4v) is 1.13. The summed E-state index contributed by atoms with van der Waals surface area (Å²) in [6.45, 7) is 0.205. The van der Waals surface area contributed by atoms with Crippen LogP contribution < -0.4 is 0 Å². The Hall–Kier alpha value is -0.640. The molecule has 1 heterocycles. The Kier molecular flexibility index (Phi) is 3.47. The van der Waals surface area contributed by atoms with E-state index in [0.29, 0.717) is 10.7 Å². The average Bonchev–Trinajstić information content (AvgIpc) is 2.05. The minimum atomic E-state index is -0.747. The molecule has 0 saturated heterocycles. The van der Waals surface area contributed by atoms with Crippen LogP contribution in [0.15, 0.2) is 18.3 Å². The number of hydrogen-bond donors (Lipinski definition) is 1. The standard InChI is InChI=1S/C8H10ClNO2/c1-12-5-7(11)8-6(9)3-2-4-10-8/h2-4,7,11H,5H2,1H3. The number of halogens is 1. The number of methoxy groups -OCH3 is 1. The van der Waals surface area contributed by atoms with Gasteiger partial charge in [0.05, 0.1) is 17.3 Å². The van der Waals surface area contributed by atoms with E-state index in [0.717, 1.165) is 0 Å². The second-order valence-electron chi connectivity index (χ2n) is 2.34. The maximum atomic E-state index is 9.43. The van der Waals surface area contributed by atoms with Crippen molar-refractivity contribution in [3.8, 4) is 0 Å². The van der Waals surface area contributed by atoms with Gasteiger partial charge in [0.25, 0.3) is 0 Å². The second kappa shape index (κ2) is 4.40. The molecular weight excluding hydrogens is 178 g/mol. The average molecular weight is 188 g/mol. The minimum Gasteiger partial charge on any atom is -0.384 e. The van der Waals surface area contributed by atoms with E-state index in [2.05, 4.69) is 4.98 Å². The van der Waals surface area contributed by atoms with Crippen molar-refractivity contribution in [3.63, 3.8) is 0 Å². The normalized spacial score (nSPS) is 12.9. The first-order chi connectivity index (χ1) is 5.75. The highest BCUT2D eigenvalue weighted by atomic mass is 35.5. The molecule has 0 aromatic carbocycles. The summed E-state index contributed by atoms with van der Waals surface area (Å²) < 4.78 is 4.76. The number of pyridine rings is 1. The number of aromatic nitrogens is 1. The highest BCUT2D eigenvalue weighted by Crippen LogP contribution is 2.19. The fourth-order valence-electron chi connectivity index (χ4n) is 0.880. The Labute approximate surface area is 76.0 Å². The van der Waals surface area contributed by atoms with E-state index in [1.54, 1.807) is 18.3 Å². The molecule has 1 atom stereocenters. The van der Waals surface area contributed by atoms with E-state index >= 15 is 0 Å². The van der Waals surface area contributed by atoms with Crippen molar-refractivity contribution in [3.05, 3.63) is 29.0 Å². The molecule has 0 spiro atoms. The Bertz CT molecular complexity index is 255. The molecule has 0 fully saturated rings. The molecule has 1 rings (SSSR count). The largest absolute Gasteiger partial charge is 0.384 e. The SMILES string of the molecule is COCC(O)c1ncccc1Cl. The third-order valence-electron chi connectivity index (χ3n) is 1.43. The van der Waals surface area contributed by atoms with Crippen LogP contribution in [0, 0.1) is 0 Å². The summed E-state index contributed by atoms with van der Waals surface area (Å²) in [5, 5.41) is 9.89. The molecule has 1 aromatic rings. The highest BCUT2D eigenvalue weighted by Gasteiger charge is 2.11. The summed E-state index contributed by atoms with van der Waals surface area (Å²) in [4.78, 5) is 3.93. The van der Waals surface area contributed by atoms with Crippen molar-refractivity contribution in [2.75, 3.05) is 13.7 Å². The van der Waals surface area contributed by atoms with Gasteiger partial charge in [-0.15, -0.1) is 0 Å². The summed E-state index contributed by atoms with van der Waals surface area (Å²) in [7, 11) is 1.51. The van der Waals surface area contributed by atoms with Crippen molar-refractivity contribution >= 4 is 11.6 Å². The molecule has 0 aliphatic rings. The third-order valence-corrected chi connectivity index (χ3v) is 1.75. The van der Waals surface area contributed by atoms with Gasteiger partial charge in [-0.3, -0.25) is 4.98 Å². The van der Waals surface area contributed by atoms with Gasteiger partial charge < -0.3 is 9.84 Å². The molecule has 0 aliphatic heterocycles. The van der Waals surface area contributed by atoms with Gasteiger partial charge in [0.15, 0.2) is 0 Å². The van der Waals surface area contributed by atoms with Gasteiger partial charge in [-0.1, -0.05) is 11.6 Å². The molecule has 0 bridgehead atoms. The second-order valence-corrected chi connectivity index (χ2v) is 2.75. The zero-order valence-corrected chi connectivity index (χ0v) is 7.45. The van der Waals surface area contributed by atoms with Crippen LogP contribution in [0.2, 0.25) is 5.02 Å². The van der Waals surface area contributed by atoms with Crippen molar-refractivity contribution in [1.29, 1.82) is 0 Å². The molecule has 66 valence electrons. The van der Waals surface area contributed by atoms with Crippen LogP contribution >= 0.6 is 11.6 Å². The lowest BCUT2D eigenvalue weighted by Crippen LogP contribution is -2.07. The first-order valence-corrected chi connectivity index (χ1v) is 3.91. The molecule has 0 amide bonds. The van der Waals surface area contributed by atoms with Gasteiger partial charge in [-0.2, -0.15) is 0 Å². The number of nitrogens with zero attached hydrogens (tertiary/aromatic N) is 1. The zero-order chi connectivity index (χ0) is 8.97. The summed E-state index contributed by atoms with van der Waals surface area (Å²) in [5.41, 5.74) is 0.459. The van der Waals surface area contributed by atoms with Crippen LogP contribution in [0.1, 0.15) is 11.8 Å². The summed E-state index contributed by atoms with van der Waals surface area (Å²) in [6.07, 6.45) is 0.837. The maximum absolute atomic E-state index is 9.43. The van der Waals surface area contributed by atoms with E-state index in [4.69, 9.17) is 16.3 Å². The predicted molar refractivity (Wildman–Crippen MR) is 46.1 cm³/mol. The Morgan fingerprint density at radius 1 is 1.75 bits per heavy atom. The van der Waals surface area contributed by atoms with Gasteiger partial charge in [0.2, 0.25) is 0 Å². The molecule has 0 radical (unpaired) electrons. The molecule has 1 aromatic heterocycles. The smallest absolute Gasteiger partial charge is 0.121 e. The summed E-state index contributed by atoms with van der Waals surface area (Å²) in [5.74, 6) is 0. The zero-order valence-electron chi connectivity index (χ0n) is 6.70. The molecule has 4 heteroatoms. The van der Waals surface area contributed by atoms with E-state index in [1.165, 1.54) is 7.11 Å². The Morgan fingerprint density at radius 2 is 2.50 bits per heavy atom. The van der Waals surface area contributed by atoms with Gasteiger partial charge in [-0.05, 0) is 12.1 Å². The highest BCUT2D eigenvalue weighted by molar-refractivity contribution is 6.31. The van der Waals surface area contributed by atoms with Crippen LogP contribution in [-0.2, 0) is 4.74 Å². The number of hydrogen-bond acceptors (Lipinski definition) is 3. The van der Waals surface area contributed by atoms with Crippen molar-refractivity contribution in [1.82, 2.24) is 4.98 Å². The first kappa shape index (κ1) is 9.45. The maximum Gasteiger partial charge on any atom is 0.121 e. The molecule has 0 aliphatic carbocycles. The number of rotatable bonds is 3. The molecule has 1 N–H and O–H groups in total. The molecular formula is C8H10ClNO2. The molecule has 1 unspecified atom stereocenters. The van der Waals surface area contributed by atoms with Crippen molar-refractivity contribution < 1.29 is 9.84 Å². The van der Waals surface area contributed by atoms with Gasteiger partial charge in [0, 0.05) is 13.3 Å². The first-order valence-electron chi connectivity index (χ1n) is 3.53. The van der Waals surface area contributed by atoms with Gasteiger partial charge in [-0.25, -0.2) is 0 Å². The van der Waals surface area contributed by atoms with Crippen LogP contribution in [0.25, 0.3) is 0 Å². The van der Waals surface area contributed by atoms with Crippen molar-refractivity contribution in [2.45, 2.75) is 6.10 Å². The molecule has 0 saturated carbocycles. The quantitative estimate of drug-likeness (QED) is 0.778.